The zero-order valence-electron chi connectivity index (χ0n) is 17.1. The van der Waals surface area contributed by atoms with Gasteiger partial charge in [0.2, 0.25) is 0 Å². The molecule has 2 aromatic carbocycles. The van der Waals surface area contributed by atoms with E-state index in [1.807, 2.05) is 4.90 Å². The predicted octanol–water partition coefficient (Wildman–Crippen LogP) is 3.96. The van der Waals surface area contributed by atoms with Gasteiger partial charge in [-0.2, -0.15) is 0 Å². The highest BCUT2D eigenvalue weighted by molar-refractivity contribution is 6.31. The second kappa shape index (κ2) is 9.65. The Morgan fingerprint density at radius 2 is 1.94 bits per heavy atom. The molecule has 9 nitrogen and oxygen atoms in total. The van der Waals surface area contributed by atoms with Crippen molar-refractivity contribution < 1.29 is 24.0 Å². The zero-order chi connectivity index (χ0) is 22.5. The molecule has 1 heterocycles. The minimum Gasteiger partial charge on any atom is -0.495 e. The second-order valence-corrected chi connectivity index (χ2v) is 7.49. The number of halogens is 1. The summed E-state index contributed by atoms with van der Waals surface area (Å²) >= 11 is 6.05. The Kier molecular flexibility index (Phi) is 6.96. The Bertz CT molecular complexity index is 1020. The van der Waals surface area contributed by atoms with Crippen molar-refractivity contribution in [3.63, 3.8) is 0 Å². The minimum absolute atomic E-state index is 0.00219. The number of methoxy groups -OCH3 is 1. The lowest BCUT2D eigenvalue weighted by Crippen LogP contribution is -2.22. The summed E-state index contributed by atoms with van der Waals surface area (Å²) in [6.07, 6.45) is 1.93. The quantitative estimate of drug-likeness (QED) is 0.388. The number of nitro groups is 1. The lowest BCUT2D eigenvalue weighted by molar-refractivity contribution is -0.384. The van der Waals surface area contributed by atoms with Crippen molar-refractivity contribution in [2.75, 3.05) is 37.0 Å². The molecule has 1 saturated heterocycles. The lowest BCUT2D eigenvalue weighted by atomic mass is 10.1. The van der Waals surface area contributed by atoms with Gasteiger partial charge in [0, 0.05) is 30.2 Å². The molecule has 3 rings (SSSR count). The highest BCUT2D eigenvalue weighted by atomic mass is 35.5. The lowest BCUT2D eigenvalue weighted by Gasteiger charge is -2.17. The molecule has 0 unspecified atom stereocenters. The summed E-state index contributed by atoms with van der Waals surface area (Å²) in [5.41, 5.74) is 1.43. The highest BCUT2D eigenvalue weighted by Crippen LogP contribution is 2.32. The van der Waals surface area contributed by atoms with E-state index in [9.17, 15) is 19.7 Å². The average Bonchev–Trinajstić information content (AvgIpc) is 3.28. The van der Waals surface area contributed by atoms with Crippen molar-refractivity contribution in [2.45, 2.75) is 19.8 Å². The molecule has 1 aliphatic heterocycles. The van der Waals surface area contributed by atoms with Crippen molar-refractivity contribution in [2.24, 2.45) is 0 Å². The number of nitro benzene ring substituents is 1. The monoisotopic (exact) mass is 447 g/mol. The summed E-state index contributed by atoms with van der Waals surface area (Å²) in [5.74, 6) is -1.05. The molecule has 164 valence electrons. The van der Waals surface area contributed by atoms with E-state index in [0.29, 0.717) is 22.1 Å². The van der Waals surface area contributed by atoms with Crippen LogP contribution in [-0.4, -0.2) is 43.6 Å². The van der Waals surface area contributed by atoms with E-state index in [0.717, 1.165) is 31.5 Å². The first kappa shape index (κ1) is 22.4. The van der Waals surface area contributed by atoms with Gasteiger partial charge in [-0.3, -0.25) is 14.9 Å². The first-order valence-electron chi connectivity index (χ1n) is 9.64. The van der Waals surface area contributed by atoms with Crippen molar-refractivity contribution in [3.8, 4) is 5.75 Å². The number of ether oxygens (including phenoxy) is 2. The van der Waals surface area contributed by atoms with Gasteiger partial charge >= 0.3 is 5.97 Å². The topological polar surface area (TPSA) is 111 Å². The number of rotatable bonds is 7. The van der Waals surface area contributed by atoms with E-state index < -0.39 is 23.4 Å². The molecular formula is C21H22ClN3O6. The van der Waals surface area contributed by atoms with Crippen molar-refractivity contribution in [3.05, 3.63) is 56.6 Å². The fraction of sp³-hybridized carbons (Fsp3) is 0.333. The molecule has 0 bridgehead atoms. The Balaban J connectivity index is 1.66. The smallest absolute Gasteiger partial charge is 0.338 e. The summed E-state index contributed by atoms with van der Waals surface area (Å²) in [5, 5.41) is 14.6. The number of carbonyl (C=O) groups excluding carboxylic acids is 2. The number of hydrogen-bond acceptors (Lipinski definition) is 7. The first-order valence-corrected chi connectivity index (χ1v) is 10.0. The van der Waals surface area contributed by atoms with Crippen molar-refractivity contribution in [1.82, 2.24) is 0 Å². The molecule has 1 N–H and O–H groups in total. The normalized spacial score (nSPS) is 13.1. The first-order chi connectivity index (χ1) is 14.8. The minimum atomic E-state index is -0.828. The van der Waals surface area contributed by atoms with Gasteiger partial charge in [-0.25, -0.2) is 4.79 Å². The summed E-state index contributed by atoms with van der Waals surface area (Å²) in [7, 11) is 1.44. The predicted molar refractivity (Wildman–Crippen MR) is 116 cm³/mol. The van der Waals surface area contributed by atoms with Gasteiger partial charge in [0.25, 0.3) is 11.6 Å². The molecule has 1 fully saturated rings. The van der Waals surface area contributed by atoms with E-state index in [1.165, 1.54) is 19.2 Å². The molecule has 31 heavy (non-hydrogen) atoms. The molecule has 1 aliphatic rings. The number of nitrogens with zero attached hydrogens (tertiary/aromatic N) is 2. The SMILES string of the molecule is COc1cc(Cl)c(C)cc1NC(=O)COC(=O)c1ccc(N2CCCC2)c([N+](=O)[O-])c1. The molecule has 0 aliphatic carbocycles. The number of carbonyl (C=O) groups is 2. The number of hydrogen-bond donors (Lipinski definition) is 1. The van der Waals surface area contributed by atoms with Gasteiger partial charge in [-0.15, -0.1) is 0 Å². The maximum absolute atomic E-state index is 12.4. The number of anilines is 2. The van der Waals surface area contributed by atoms with E-state index in [1.54, 1.807) is 25.1 Å². The third-order valence-electron chi connectivity index (χ3n) is 4.94. The highest BCUT2D eigenvalue weighted by Gasteiger charge is 2.24. The molecular weight excluding hydrogens is 426 g/mol. The van der Waals surface area contributed by atoms with Gasteiger partial charge in [0.15, 0.2) is 6.61 Å². The summed E-state index contributed by atoms with van der Waals surface area (Å²) in [6, 6.07) is 7.40. The van der Waals surface area contributed by atoms with E-state index in [4.69, 9.17) is 21.1 Å². The number of amides is 1. The van der Waals surface area contributed by atoms with Crippen LogP contribution in [0.4, 0.5) is 17.1 Å². The van der Waals surface area contributed by atoms with Crippen LogP contribution in [-0.2, 0) is 9.53 Å². The van der Waals surface area contributed by atoms with Gasteiger partial charge in [0.1, 0.15) is 11.4 Å². The molecule has 0 radical (unpaired) electrons. The van der Waals surface area contributed by atoms with Crippen LogP contribution in [0.2, 0.25) is 5.02 Å². The van der Waals surface area contributed by atoms with Crippen LogP contribution in [0.25, 0.3) is 0 Å². The van der Waals surface area contributed by atoms with E-state index in [-0.39, 0.29) is 11.3 Å². The summed E-state index contributed by atoms with van der Waals surface area (Å²) in [6.45, 7) is 2.68. The molecule has 0 saturated carbocycles. The van der Waals surface area contributed by atoms with Gasteiger partial charge in [-0.05, 0) is 43.5 Å². The van der Waals surface area contributed by atoms with Crippen molar-refractivity contribution >= 4 is 40.5 Å². The van der Waals surface area contributed by atoms with Crippen LogP contribution in [0.5, 0.6) is 5.75 Å². The fourth-order valence-electron chi connectivity index (χ4n) is 3.35. The second-order valence-electron chi connectivity index (χ2n) is 7.08. The molecule has 0 atom stereocenters. The van der Waals surface area contributed by atoms with Crippen LogP contribution in [0.15, 0.2) is 30.3 Å². The molecule has 0 spiro atoms. The van der Waals surface area contributed by atoms with Gasteiger partial charge in [-0.1, -0.05) is 11.6 Å². The summed E-state index contributed by atoms with van der Waals surface area (Å²) in [4.78, 5) is 37.4. The van der Waals surface area contributed by atoms with Crippen molar-refractivity contribution in [1.29, 1.82) is 0 Å². The third kappa shape index (κ3) is 5.24. The molecule has 2 aromatic rings. The Morgan fingerprint density at radius 1 is 1.23 bits per heavy atom. The maximum atomic E-state index is 12.4. The molecule has 1 amide bonds. The van der Waals surface area contributed by atoms with Gasteiger partial charge < -0.3 is 19.7 Å². The maximum Gasteiger partial charge on any atom is 0.338 e. The Morgan fingerprint density at radius 3 is 2.58 bits per heavy atom. The van der Waals surface area contributed by atoms with Crippen LogP contribution in [0.3, 0.4) is 0 Å². The van der Waals surface area contributed by atoms with E-state index >= 15 is 0 Å². The Labute approximate surface area is 184 Å². The van der Waals surface area contributed by atoms with Crippen LogP contribution in [0.1, 0.15) is 28.8 Å². The van der Waals surface area contributed by atoms with Crippen LogP contribution in [0, 0.1) is 17.0 Å². The standard InChI is InChI=1S/C21H22ClN3O6/c1-13-9-16(19(30-2)11-15(13)22)23-20(26)12-31-21(27)14-5-6-17(18(10-14)25(28)29)24-7-3-4-8-24/h5-6,9-11H,3-4,7-8,12H2,1-2H3,(H,23,26). The van der Waals surface area contributed by atoms with Gasteiger partial charge in [0.05, 0.1) is 23.3 Å². The number of aryl methyl sites for hydroxylation is 1. The third-order valence-corrected chi connectivity index (χ3v) is 5.35. The summed E-state index contributed by atoms with van der Waals surface area (Å²) < 4.78 is 10.2. The van der Waals surface area contributed by atoms with Crippen LogP contribution >= 0.6 is 11.6 Å². The largest absolute Gasteiger partial charge is 0.495 e. The number of nitrogens with one attached hydrogen (secondary N) is 1. The zero-order valence-corrected chi connectivity index (χ0v) is 17.9. The molecule has 10 heteroatoms. The van der Waals surface area contributed by atoms with E-state index in [2.05, 4.69) is 5.32 Å². The number of benzene rings is 2. The Hall–Kier alpha value is -3.33. The fourth-order valence-corrected chi connectivity index (χ4v) is 3.51. The number of esters is 1. The average molecular weight is 448 g/mol. The molecule has 0 aromatic heterocycles. The van der Waals surface area contributed by atoms with Crippen LogP contribution < -0.4 is 15.0 Å².